The summed E-state index contributed by atoms with van der Waals surface area (Å²) in [5, 5.41) is 14.3. The van der Waals surface area contributed by atoms with Crippen LogP contribution in [0.2, 0.25) is 0 Å². The smallest absolute Gasteiger partial charge is 0.253 e. The van der Waals surface area contributed by atoms with Crippen molar-refractivity contribution in [3.63, 3.8) is 0 Å². The number of nitrogens with zero attached hydrogens (tertiary/aromatic N) is 6. The normalized spacial score (nSPS) is 23.4. The van der Waals surface area contributed by atoms with Gasteiger partial charge in [0.05, 0.1) is 6.04 Å². The molecule has 0 spiro atoms. The van der Waals surface area contributed by atoms with Crippen LogP contribution in [0.15, 0.2) is 23.0 Å². The lowest BCUT2D eigenvalue weighted by Crippen LogP contribution is -2.52. The van der Waals surface area contributed by atoms with E-state index >= 15 is 0 Å². The summed E-state index contributed by atoms with van der Waals surface area (Å²) in [6, 6.07) is 6.98. The van der Waals surface area contributed by atoms with Crippen LogP contribution in [0.3, 0.4) is 0 Å². The summed E-state index contributed by atoms with van der Waals surface area (Å²) in [5.41, 5.74) is 3.96. The van der Waals surface area contributed by atoms with Crippen LogP contribution in [0.1, 0.15) is 79.5 Å². The summed E-state index contributed by atoms with van der Waals surface area (Å²) in [6.45, 7) is 8.29. The molecule has 1 aromatic carbocycles. The lowest BCUT2D eigenvalue weighted by molar-refractivity contribution is 0.0778. The van der Waals surface area contributed by atoms with Gasteiger partial charge in [0.15, 0.2) is 5.82 Å². The van der Waals surface area contributed by atoms with Gasteiger partial charge in [-0.2, -0.15) is 0 Å². The van der Waals surface area contributed by atoms with Crippen molar-refractivity contribution in [2.24, 2.45) is 0 Å². The van der Waals surface area contributed by atoms with Crippen LogP contribution < -0.4 is 5.56 Å². The van der Waals surface area contributed by atoms with Gasteiger partial charge in [0.25, 0.3) is 5.56 Å². The number of H-pyrrole nitrogens is 1. The predicted octanol–water partition coefficient (Wildman–Crippen LogP) is 3.51. The van der Waals surface area contributed by atoms with Gasteiger partial charge in [-0.1, -0.05) is 25.3 Å². The second-order valence-corrected chi connectivity index (χ2v) is 10.6. The molecule has 180 valence electrons. The van der Waals surface area contributed by atoms with Gasteiger partial charge in [-0.25, -0.2) is 4.68 Å². The maximum absolute atomic E-state index is 13.6. The summed E-state index contributed by atoms with van der Waals surface area (Å²) in [7, 11) is 0. The second-order valence-electron chi connectivity index (χ2n) is 10.6. The highest BCUT2D eigenvalue weighted by molar-refractivity contribution is 5.83. The van der Waals surface area contributed by atoms with Crippen LogP contribution in [-0.2, 0) is 0 Å². The molecule has 1 saturated carbocycles. The lowest BCUT2D eigenvalue weighted by atomic mass is 9.94. The van der Waals surface area contributed by atoms with Crippen LogP contribution in [-0.4, -0.2) is 67.2 Å². The van der Waals surface area contributed by atoms with Gasteiger partial charge in [-0.3, -0.25) is 14.6 Å². The largest absolute Gasteiger partial charge is 0.322 e. The fraction of sp³-hybridized carbons (Fsp3) is 0.615. The number of benzene rings is 1. The van der Waals surface area contributed by atoms with Gasteiger partial charge < -0.3 is 4.98 Å². The van der Waals surface area contributed by atoms with Gasteiger partial charge in [-0.05, 0) is 79.8 Å². The number of aromatic nitrogens is 5. The first kappa shape index (κ1) is 21.9. The number of pyridine rings is 1. The average molecular weight is 462 g/mol. The first-order chi connectivity index (χ1) is 16.6. The van der Waals surface area contributed by atoms with Crippen molar-refractivity contribution in [2.75, 3.05) is 26.2 Å². The Kier molecular flexibility index (Phi) is 5.73. The molecule has 2 saturated heterocycles. The lowest BCUT2D eigenvalue weighted by Gasteiger charge is -2.41. The first-order valence-corrected chi connectivity index (χ1v) is 13.0. The number of rotatable bonds is 4. The average Bonchev–Trinajstić information content (AvgIpc) is 3.50. The van der Waals surface area contributed by atoms with E-state index in [9.17, 15) is 4.79 Å². The molecule has 34 heavy (non-hydrogen) atoms. The molecular formula is C26H35N7O. The van der Waals surface area contributed by atoms with E-state index in [1.165, 1.54) is 44.2 Å². The van der Waals surface area contributed by atoms with Crippen molar-refractivity contribution < 1.29 is 0 Å². The molecule has 8 heteroatoms. The maximum atomic E-state index is 13.6. The molecule has 2 aromatic heterocycles. The summed E-state index contributed by atoms with van der Waals surface area (Å²) >= 11 is 0. The summed E-state index contributed by atoms with van der Waals surface area (Å²) < 4.78 is 2.05. The van der Waals surface area contributed by atoms with Crippen molar-refractivity contribution in [1.82, 2.24) is 35.0 Å². The predicted molar refractivity (Wildman–Crippen MR) is 132 cm³/mol. The monoisotopic (exact) mass is 461 g/mol. The minimum absolute atomic E-state index is 0.0328. The molecular weight excluding hydrogens is 426 g/mol. The standard InChI is InChI=1S/C26H35N7O/c1-17-13-18(2)21-15-22(26(34)27-23(21)14-17)24(32-12-11-31-10-6-9-20(31)16-32)25-28-29-30-33(25)19-7-4-3-5-8-19/h13-15,19-20,24H,3-12,16H2,1-2H3,(H,27,34)/t20-,24-/m0/s1. The summed E-state index contributed by atoms with van der Waals surface area (Å²) in [6.07, 6.45) is 8.40. The van der Waals surface area contributed by atoms with E-state index in [0.717, 1.165) is 60.3 Å². The van der Waals surface area contributed by atoms with E-state index < -0.39 is 0 Å². The quantitative estimate of drug-likeness (QED) is 0.640. The summed E-state index contributed by atoms with van der Waals surface area (Å²) in [5.74, 6) is 0.827. The van der Waals surface area contributed by atoms with E-state index in [2.05, 4.69) is 67.0 Å². The Bertz CT molecular complexity index is 1240. The third-order valence-corrected chi connectivity index (χ3v) is 8.30. The highest BCUT2D eigenvalue weighted by Gasteiger charge is 2.38. The molecule has 6 rings (SSSR count). The fourth-order valence-corrected chi connectivity index (χ4v) is 6.61. The van der Waals surface area contributed by atoms with Gasteiger partial charge in [0.1, 0.15) is 6.04 Å². The van der Waals surface area contributed by atoms with Crippen LogP contribution >= 0.6 is 0 Å². The number of hydrogen-bond donors (Lipinski definition) is 1. The van der Waals surface area contributed by atoms with Crippen LogP contribution in [0.5, 0.6) is 0 Å². The van der Waals surface area contributed by atoms with Gasteiger partial charge in [0, 0.05) is 42.1 Å². The van der Waals surface area contributed by atoms with E-state index in [0.29, 0.717) is 12.1 Å². The van der Waals surface area contributed by atoms with E-state index in [1.54, 1.807) is 0 Å². The Morgan fingerprint density at radius 1 is 0.971 bits per heavy atom. The highest BCUT2D eigenvalue weighted by Crippen LogP contribution is 2.35. The van der Waals surface area contributed by atoms with Gasteiger partial charge >= 0.3 is 0 Å². The third kappa shape index (κ3) is 3.86. The zero-order valence-corrected chi connectivity index (χ0v) is 20.3. The van der Waals surface area contributed by atoms with E-state index in [4.69, 9.17) is 0 Å². The van der Waals surface area contributed by atoms with Crippen molar-refractivity contribution in [1.29, 1.82) is 0 Å². The van der Waals surface area contributed by atoms with E-state index in [1.807, 2.05) is 0 Å². The van der Waals surface area contributed by atoms with Crippen molar-refractivity contribution in [2.45, 2.75) is 76.9 Å². The van der Waals surface area contributed by atoms with Gasteiger partial charge in [0.2, 0.25) is 0 Å². The molecule has 2 atom stereocenters. The molecule has 1 aliphatic carbocycles. The van der Waals surface area contributed by atoms with Gasteiger partial charge in [-0.15, -0.1) is 5.10 Å². The Balaban J connectivity index is 1.48. The maximum Gasteiger partial charge on any atom is 0.253 e. The molecule has 1 N–H and O–H groups in total. The van der Waals surface area contributed by atoms with Crippen LogP contribution in [0.4, 0.5) is 0 Å². The molecule has 3 aliphatic rings. The molecule has 3 aromatic rings. The number of hydrogen-bond acceptors (Lipinski definition) is 6. The second kappa shape index (κ2) is 8.89. The number of tetrazole rings is 1. The molecule has 0 unspecified atom stereocenters. The topological polar surface area (TPSA) is 82.9 Å². The van der Waals surface area contributed by atoms with Crippen molar-refractivity contribution in [3.8, 4) is 0 Å². The third-order valence-electron chi connectivity index (χ3n) is 8.30. The minimum atomic E-state index is -0.242. The molecule has 3 fully saturated rings. The Hall–Kier alpha value is -2.58. The van der Waals surface area contributed by atoms with E-state index in [-0.39, 0.29) is 11.6 Å². The Labute approximate surface area is 200 Å². The van der Waals surface area contributed by atoms with Crippen LogP contribution in [0.25, 0.3) is 10.9 Å². The highest BCUT2D eigenvalue weighted by atomic mass is 16.1. The van der Waals surface area contributed by atoms with Crippen LogP contribution in [0, 0.1) is 13.8 Å². The first-order valence-electron chi connectivity index (χ1n) is 13.0. The fourth-order valence-electron chi connectivity index (χ4n) is 6.61. The number of piperazine rings is 1. The molecule has 2 aliphatic heterocycles. The molecule has 0 bridgehead atoms. The molecule has 0 radical (unpaired) electrons. The number of aryl methyl sites for hydroxylation is 2. The Morgan fingerprint density at radius 3 is 2.65 bits per heavy atom. The number of aromatic amines is 1. The SMILES string of the molecule is Cc1cc(C)c2cc([C@@H](c3nnnn3C3CCCCC3)N3CCN4CCC[C@H]4C3)c(=O)[nH]c2c1. The van der Waals surface area contributed by atoms with Crippen molar-refractivity contribution >= 4 is 10.9 Å². The zero-order valence-electron chi connectivity index (χ0n) is 20.3. The Morgan fingerprint density at radius 2 is 1.79 bits per heavy atom. The molecule has 8 nitrogen and oxygen atoms in total. The number of nitrogens with one attached hydrogen (secondary N) is 1. The summed E-state index contributed by atoms with van der Waals surface area (Å²) in [4.78, 5) is 21.9. The molecule has 0 amide bonds. The minimum Gasteiger partial charge on any atom is -0.322 e. The zero-order chi connectivity index (χ0) is 23.2. The number of fused-ring (bicyclic) bond motifs is 2. The van der Waals surface area contributed by atoms with Crippen molar-refractivity contribution in [3.05, 3.63) is 51.1 Å². The molecule has 4 heterocycles.